The van der Waals surface area contributed by atoms with Gasteiger partial charge >= 0.3 is 10.2 Å². The minimum atomic E-state index is -4.54. The molecule has 1 aromatic carbocycles. The first-order valence-corrected chi connectivity index (χ1v) is 9.02. The summed E-state index contributed by atoms with van der Waals surface area (Å²) >= 11 is 6.77. The molecule has 110 valence electrons. The molecule has 8 heteroatoms. The number of likely N-dealkylation sites (tertiary alicyclic amines) is 1. The van der Waals surface area contributed by atoms with Crippen LogP contribution in [0.1, 0.15) is 12.0 Å². The molecule has 0 saturated carbocycles. The van der Waals surface area contributed by atoms with Gasteiger partial charge in [-0.05, 0) is 23.8 Å². The van der Waals surface area contributed by atoms with Crippen LogP contribution in [0, 0.1) is 5.92 Å². The molecule has 1 amide bonds. The summed E-state index contributed by atoms with van der Waals surface area (Å²) in [4.78, 5) is 13.4. The number of hydrogen-bond acceptors (Lipinski definition) is 3. The Balaban J connectivity index is 2.07. The number of halogens is 3. The molecule has 1 aliphatic rings. The molecule has 4 nitrogen and oxygen atoms in total. The van der Waals surface area contributed by atoms with Gasteiger partial charge in [0.25, 0.3) is 0 Å². The zero-order chi connectivity index (χ0) is 14.9. The lowest BCUT2D eigenvalue weighted by molar-refractivity contribution is -0.128. The Morgan fingerprint density at radius 1 is 1.35 bits per heavy atom. The van der Waals surface area contributed by atoms with Crippen LogP contribution in [-0.2, 0) is 21.6 Å². The highest BCUT2D eigenvalue weighted by Gasteiger charge is 2.32. The Bertz CT molecular complexity index is 636. The van der Waals surface area contributed by atoms with E-state index in [4.69, 9.17) is 0 Å². The van der Waals surface area contributed by atoms with Gasteiger partial charge in [0.1, 0.15) is 0 Å². The second-order valence-corrected chi connectivity index (χ2v) is 7.97. The predicted octanol–water partition coefficient (Wildman–Crippen LogP) is 2.86. The van der Waals surface area contributed by atoms with Crippen LogP contribution in [0.3, 0.4) is 0 Å². The van der Waals surface area contributed by atoms with Crippen molar-refractivity contribution in [2.45, 2.75) is 13.0 Å². The van der Waals surface area contributed by atoms with Crippen LogP contribution in [0.4, 0.5) is 3.89 Å². The fraction of sp³-hybridized carbons (Fsp3) is 0.417. The van der Waals surface area contributed by atoms with Gasteiger partial charge in [-0.1, -0.05) is 31.9 Å². The second-order valence-electron chi connectivity index (χ2n) is 4.79. The number of amides is 1. The smallest absolute Gasteiger partial charge is 0.302 e. The van der Waals surface area contributed by atoms with Crippen LogP contribution >= 0.6 is 31.9 Å². The normalized spacial score (nSPS) is 19.6. The lowest BCUT2D eigenvalue weighted by Gasteiger charge is -2.17. The summed E-state index contributed by atoms with van der Waals surface area (Å²) in [6.45, 7) is 0.641. The maximum absolute atomic E-state index is 12.7. The van der Waals surface area contributed by atoms with Crippen LogP contribution in [-0.4, -0.2) is 31.5 Å². The minimum Gasteiger partial charge on any atom is -0.338 e. The maximum Gasteiger partial charge on any atom is 0.302 e. The third-order valence-corrected chi connectivity index (χ3v) is 5.23. The van der Waals surface area contributed by atoms with Gasteiger partial charge in [0, 0.05) is 34.4 Å². The molecule has 0 N–H and O–H groups in total. The standard InChI is InChI=1S/C12H12Br2FNO3S/c13-10-1-2-11(14)9(4-10)6-16-5-8(3-12(16)17)7-20(15,18)19/h1-2,4,8H,3,5-7H2. The molecular weight excluding hydrogens is 417 g/mol. The molecule has 1 saturated heterocycles. The SMILES string of the molecule is O=C1CC(CS(=O)(=O)F)CN1Cc1cc(Br)ccc1Br. The molecule has 1 fully saturated rings. The third-order valence-electron chi connectivity index (χ3n) is 3.10. The number of nitrogens with zero attached hydrogens (tertiary/aromatic N) is 1. The van der Waals surface area contributed by atoms with E-state index >= 15 is 0 Å². The van der Waals surface area contributed by atoms with E-state index in [0.29, 0.717) is 6.54 Å². The van der Waals surface area contributed by atoms with Crippen molar-refractivity contribution in [3.8, 4) is 0 Å². The quantitative estimate of drug-likeness (QED) is 0.693. The van der Waals surface area contributed by atoms with Crippen LogP contribution in [0.5, 0.6) is 0 Å². The monoisotopic (exact) mass is 427 g/mol. The topological polar surface area (TPSA) is 54.5 Å². The van der Waals surface area contributed by atoms with Crippen LogP contribution in [0.15, 0.2) is 27.1 Å². The Hall–Kier alpha value is -0.470. The molecule has 0 spiro atoms. The summed E-state index contributed by atoms with van der Waals surface area (Å²) in [6.07, 6.45) is 0.0781. The van der Waals surface area contributed by atoms with E-state index in [-0.39, 0.29) is 18.9 Å². The number of hydrogen-bond donors (Lipinski definition) is 0. The van der Waals surface area contributed by atoms with Crippen LogP contribution in [0.2, 0.25) is 0 Å². The summed E-state index contributed by atoms with van der Waals surface area (Å²) in [5, 5.41) is 0. The molecule has 2 rings (SSSR count). The molecule has 0 radical (unpaired) electrons. The fourth-order valence-electron chi connectivity index (χ4n) is 2.27. The zero-order valence-electron chi connectivity index (χ0n) is 10.4. The van der Waals surface area contributed by atoms with Crippen molar-refractivity contribution in [3.05, 3.63) is 32.7 Å². The van der Waals surface area contributed by atoms with Gasteiger partial charge in [-0.15, -0.1) is 3.89 Å². The van der Waals surface area contributed by atoms with Gasteiger partial charge in [-0.3, -0.25) is 4.79 Å². The molecule has 20 heavy (non-hydrogen) atoms. The van der Waals surface area contributed by atoms with Gasteiger partial charge in [-0.25, -0.2) is 0 Å². The van der Waals surface area contributed by atoms with Crippen LogP contribution < -0.4 is 0 Å². The minimum absolute atomic E-state index is 0.0781. The Kier molecular flexibility index (Phi) is 4.86. The second kappa shape index (κ2) is 6.11. The van der Waals surface area contributed by atoms with Crippen molar-refractivity contribution in [1.82, 2.24) is 4.90 Å². The van der Waals surface area contributed by atoms with Gasteiger partial charge in [0.2, 0.25) is 5.91 Å². The van der Waals surface area contributed by atoms with E-state index in [1.807, 2.05) is 18.2 Å². The van der Waals surface area contributed by atoms with E-state index in [2.05, 4.69) is 31.9 Å². The van der Waals surface area contributed by atoms with E-state index in [1.165, 1.54) is 0 Å². The summed E-state index contributed by atoms with van der Waals surface area (Å²) in [7, 11) is -4.54. The first-order chi connectivity index (χ1) is 9.24. The number of benzene rings is 1. The number of carbonyl (C=O) groups excluding carboxylic acids is 1. The molecule has 0 aromatic heterocycles. The Labute approximate surface area is 133 Å². The Morgan fingerprint density at radius 3 is 2.70 bits per heavy atom. The van der Waals surface area contributed by atoms with E-state index in [9.17, 15) is 17.1 Å². The predicted molar refractivity (Wildman–Crippen MR) is 80.3 cm³/mol. The zero-order valence-corrected chi connectivity index (χ0v) is 14.3. The van der Waals surface area contributed by atoms with Gasteiger partial charge in [-0.2, -0.15) is 8.42 Å². The third kappa shape index (κ3) is 4.26. The van der Waals surface area contributed by atoms with Crippen molar-refractivity contribution < 1.29 is 17.1 Å². The summed E-state index contributed by atoms with van der Waals surface area (Å²) in [5.74, 6) is -1.21. The highest BCUT2D eigenvalue weighted by molar-refractivity contribution is 9.11. The van der Waals surface area contributed by atoms with Crippen molar-refractivity contribution >= 4 is 48.0 Å². The molecule has 1 heterocycles. The van der Waals surface area contributed by atoms with Gasteiger partial charge < -0.3 is 4.90 Å². The summed E-state index contributed by atoms with van der Waals surface area (Å²) in [5.41, 5.74) is 0.913. The molecule has 0 bridgehead atoms. The molecule has 1 aliphatic heterocycles. The molecule has 1 unspecified atom stereocenters. The average molecular weight is 429 g/mol. The van der Waals surface area contributed by atoms with Gasteiger partial charge in [0.05, 0.1) is 5.75 Å². The Morgan fingerprint density at radius 2 is 2.05 bits per heavy atom. The number of carbonyl (C=O) groups is 1. The van der Waals surface area contributed by atoms with E-state index in [0.717, 1.165) is 14.5 Å². The van der Waals surface area contributed by atoms with Crippen molar-refractivity contribution in [2.24, 2.45) is 5.92 Å². The summed E-state index contributed by atoms with van der Waals surface area (Å²) < 4.78 is 35.7. The molecule has 1 atom stereocenters. The first kappa shape index (κ1) is 15.9. The first-order valence-electron chi connectivity index (χ1n) is 5.88. The highest BCUT2D eigenvalue weighted by atomic mass is 79.9. The van der Waals surface area contributed by atoms with Crippen molar-refractivity contribution in [3.63, 3.8) is 0 Å². The van der Waals surface area contributed by atoms with Crippen molar-refractivity contribution in [1.29, 1.82) is 0 Å². The largest absolute Gasteiger partial charge is 0.338 e. The summed E-state index contributed by atoms with van der Waals surface area (Å²) in [6, 6.07) is 5.62. The van der Waals surface area contributed by atoms with Crippen molar-refractivity contribution in [2.75, 3.05) is 12.3 Å². The van der Waals surface area contributed by atoms with Crippen LogP contribution in [0.25, 0.3) is 0 Å². The average Bonchev–Trinajstić information content (AvgIpc) is 2.62. The molecule has 1 aromatic rings. The lowest BCUT2D eigenvalue weighted by Crippen LogP contribution is -2.25. The fourth-order valence-corrected chi connectivity index (χ4v) is 3.84. The van der Waals surface area contributed by atoms with E-state index in [1.54, 1.807) is 4.90 Å². The lowest BCUT2D eigenvalue weighted by atomic mass is 10.1. The number of rotatable bonds is 4. The maximum atomic E-state index is 12.7. The molecule has 0 aliphatic carbocycles. The molecular formula is C12H12Br2FNO3S. The van der Waals surface area contributed by atoms with E-state index < -0.39 is 21.9 Å². The highest BCUT2D eigenvalue weighted by Crippen LogP contribution is 2.27. The van der Waals surface area contributed by atoms with Gasteiger partial charge in [0.15, 0.2) is 0 Å².